The molecule has 4 nitrogen and oxygen atoms in total. The van der Waals surface area contributed by atoms with Crippen molar-refractivity contribution in [2.75, 3.05) is 11.9 Å². The van der Waals surface area contributed by atoms with Crippen LogP contribution in [0.4, 0.5) is 11.4 Å². The molecule has 0 bridgehead atoms. The van der Waals surface area contributed by atoms with Crippen LogP contribution in [-0.2, 0) is 5.41 Å². The third-order valence-electron chi connectivity index (χ3n) is 3.07. The smallest absolute Gasteiger partial charge is 0.293 e. The lowest BCUT2D eigenvalue weighted by atomic mass is 9.91. The normalized spacial score (nSPS) is 11.3. The second-order valence-electron chi connectivity index (χ2n) is 5.13. The SMILES string of the molecule is CC(C)(CNc1ccc(Br)cc1[N+](=O)[O-])c1cccs1. The number of nitro benzene ring substituents is 1. The van der Waals surface area contributed by atoms with Gasteiger partial charge in [0.2, 0.25) is 0 Å². The third kappa shape index (κ3) is 3.37. The van der Waals surface area contributed by atoms with Crippen LogP contribution in [0, 0.1) is 10.1 Å². The van der Waals surface area contributed by atoms with E-state index >= 15 is 0 Å². The summed E-state index contributed by atoms with van der Waals surface area (Å²) in [5.41, 5.74) is 0.555. The number of rotatable bonds is 5. The average Bonchev–Trinajstić information content (AvgIpc) is 2.91. The molecule has 0 saturated heterocycles. The van der Waals surface area contributed by atoms with Gasteiger partial charge in [-0.1, -0.05) is 35.8 Å². The first kappa shape index (κ1) is 15.0. The van der Waals surface area contributed by atoms with Crippen molar-refractivity contribution in [2.24, 2.45) is 0 Å². The maximum Gasteiger partial charge on any atom is 0.293 e. The van der Waals surface area contributed by atoms with E-state index in [1.165, 1.54) is 10.9 Å². The topological polar surface area (TPSA) is 55.2 Å². The Morgan fingerprint density at radius 3 is 2.75 bits per heavy atom. The summed E-state index contributed by atoms with van der Waals surface area (Å²) in [5, 5.41) is 16.3. The van der Waals surface area contributed by atoms with Gasteiger partial charge in [-0.3, -0.25) is 10.1 Å². The van der Waals surface area contributed by atoms with Gasteiger partial charge in [0, 0.05) is 27.4 Å². The summed E-state index contributed by atoms with van der Waals surface area (Å²) < 4.78 is 0.701. The zero-order valence-corrected chi connectivity index (χ0v) is 13.6. The summed E-state index contributed by atoms with van der Waals surface area (Å²) in [6.45, 7) is 4.88. The van der Waals surface area contributed by atoms with Crippen molar-refractivity contribution in [3.63, 3.8) is 0 Å². The van der Waals surface area contributed by atoms with Crippen LogP contribution >= 0.6 is 27.3 Å². The van der Waals surface area contributed by atoms with Gasteiger partial charge in [0.1, 0.15) is 5.69 Å². The first-order valence-corrected chi connectivity index (χ1v) is 7.79. The second-order valence-corrected chi connectivity index (χ2v) is 7.00. The third-order valence-corrected chi connectivity index (χ3v) is 4.79. The number of hydrogen-bond donors (Lipinski definition) is 1. The minimum atomic E-state index is -0.370. The van der Waals surface area contributed by atoms with Crippen molar-refractivity contribution in [3.05, 3.63) is 55.2 Å². The van der Waals surface area contributed by atoms with Gasteiger partial charge in [-0.05, 0) is 23.6 Å². The minimum Gasteiger partial charge on any atom is -0.379 e. The van der Waals surface area contributed by atoms with Crippen LogP contribution in [0.15, 0.2) is 40.2 Å². The Morgan fingerprint density at radius 1 is 1.40 bits per heavy atom. The molecule has 0 radical (unpaired) electrons. The number of benzene rings is 1. The van der Waals surface area contributed by atoms with Gasteiger partial charge in [0.05, 0.1) is 4.92 Å². The van der Waals surface area contributed by atoms with Gasteiger partial charge in [-0.2, -0.15) is 0 Å². The van der Waals surface area contributed by atoms with E-state index in [1.807, 2.05) is 11.4 Å². The molecule has 6 heteroatoms. The summed E-state index contributed by atoms with van der Waals surface area (Å²) in [4.78, 5) is 12.0. The number of halogens is 1. The fourth-order valence-electron chi connectivity index (χ4n) is 1.87. The quantitative estimate of drug-likeness (QED) is 0.619. The number of nitrogens with one attached hydrogen (secondary N) is 1. The molecule has 0 unspecified atom stereocenters. The van der Waals surface area contributed by atoms with E-state index in [4.69, 9.17) is 0 Å². The van der Waals surface area contributed by atoms with Gasteiger partial charge in [-0.15, -0.1) is 11.3 Å². The predicted octanol–water partition coefficient (Wildman–Crippen LogP) is 4.81. The molecular weight excluding hydrogens is 340 g/mol. The highest BCUT2D eigenvalue weighted by Gasteiger charge is 2.23. The molecule has 0 amide bonds. The number of nitrogens with zero attached hydrogens (tertiary/aromatic N) is 1. The fraction of sp³-hybridized carbons (Fsp3) is 0.286. The Labute approximate surface area is 130 Å². The monoisotopic (exact) mass is 354 g/mol. The molecule has 106 valence electrons. The van der Waals surface area contributed by atoms with Crippen LogP contribution in [0.5, 0.6) is 0 Å². The number of nitro groups is 1. The first-order chi connectivity index (χ1) is 9.40. The second kappa shape index (κ2) is 5.93. The Kier molecular flexibility index (Phi) is 4.45. The van der Waals surface area contributed by atoms with E-state index in [0.717, 1.165) is 0 Å². The van der Waals surface area contributed by atoms with E-state index in [1.54, 1.807) is 23.5 Å². The van der Waals surface area contributed by atoms with Crippen molar-refractivity contribution in [1.82, 2.24) is 0 Å². The van der Waals surface area contributed by atoms with E-state index < -0.39 is 0 Å². The molecule has 20 heavy (non-hydrogen) atoms. The lowest BCUT2D eigenvalue weighted by Gasteiger charge is -2.24. The van der Waals surface area contributed by atoms with E-state index in [-0.39, 0.29) is 16.0 Å². The molecule has 1 aromatic carbocycles. The van der Waals surface area contributed by atoms with Crippen LogP contribution in [0.1, 0.15) is 18.7 Å². The van der Waals surface area contributed by atoms with Crippen molar-refractivity contribution >= 4 is 38.6 Å². The van der Waals surface area contributed by atoms with Gasteiger partial charge < -0.3 is 5.32 Å². The van der Waals surface area contributed by atoms with Gasteiger partial charge in [0.15, 0.2) is 0 Å². The highest BCUT2D eigenvalue weighted by atomic mass is 79.9. The number of anilines is 1. The Bertz CT molecular complexity index is 612. The molecule has 0 aliphatic heterocycles. The molecule has 1 N–H and O–H groups in total. The number of hydrogen-bond acceptors (Lipinski definition) is 4. The summed E-state index contributed by atoms with van der Waals surface area (Å²) >= 11 is 4.95. The lowest BCUT2D eigenvalue weighted by molar-refractivity contribution is -0.384. The van der Waals surface area contributed by atoms with Crippen molar-refractivity contribution in [2.45, 2.75) is 19.3 Å². The van der Waals surface area contributed by atoms with Crippen molar-refractivity contribution in [3.8, 4) is 0 Å². The summed E-state index contributed by atoms with van der Waals surface area (Å²) in [6, 6.07) is 9.15. The van der Waals surface area contributed by atoms with Crippen LogP contribution in [0.25, 0.3) is 0 Å². The molecule has 1 heterocycles. The van der Waals surface area contributed by atoms with Gasteiger partial charge in [-0.25, -0.2) is 0 Å². The fourth-order valence-corrected chi connectivity index (χ4v) is 3.07. The highest BCUT2D eigenvalue weighted by Crippen LogP contribution is 2.31. The molecule has 0 aliphatic rings. The number of thiophene rings is 1. The zero-order valence-electron chi connectivity index (χ0n) is 11.2. The van der Waals surface area contributed by atoms with Crippen molar-refractivity contribution in [1.29, 1.82) is 0 Å². The van der Waals surface area contributed by atoms with E-state index in [2.05, 4.69) is 41.2 Å². The average molecular weight is 355 g/mol. The molecule has 0 aliphatic carbocycles. The van der Waals surface area contributed by atoms with Crippen LogP contribution < -0.4 is 5.32 Å². The minimum absolute atomic E-state index is 0.0743. The highest BCUT2D eigenvalue weighted by molar-refractivity contribution is 9.10. The van der Waals surface area contributed by atoms with Crippen LogP contribution in [-0.4, -0.2) is 11.5 Å². The first-order valence-electron chi connectivity index (χ1n) is 6.12. The molecule has 0 fully saturated rings. The molecule has 0 spiro atoms. The van der Waals surface area contributed by atoms with E-state index in [0.29, 0.717) is 16.7 Å². The molecule has 1 aromatic heterocycles. The standard InChI is InChI=1S/C14H15BrN2O2S/c1-14(2,13-4-3-7-20-13)9-16-11-6-5-10(15)8-12(11)17(18)19/h3-8,16H,9H2,1-2H3. The van der Waals surface area contributed by atoms with E-state index in [9.17, 15) is 10.1 Å². The molecule has 0 atom stereocenters. The van der Waals surface area contributed by atoms with Crippen LogP contribution in [0.3, 0.4) is 0 Å². The maximum absolute atomic E-state index is 11.1. The summed E-state index contributed by atoms with van der Waals surface area (Å²) in [7, 11) is 0. The van der Waals surface area contributed by atoms with Gasteiger partial charge in [0.25, 0.3) is 5.69 Å². The molecule has 2 aromatic rings. The van der Waals surface area contributed by atoms with Crippen LogP contribution in [0.2, 0.25) is 0 Å². The molecule has 0 saturated carbocycles. The zero-order chi connectivity index (χ0) is 14.8. The molecular formula is C14H15BrN2O2S. The van der Waals surface area contributed by atoms with Crippen molar-refractivity contribution < 1.29 is 4.92 Å². The lowest BCUT2D eigenvalue weighted by Crippen LogP contribution is -2.26. The summed E-state index contributed by atoms with van der Waals surface area (Å²) in [6.07, 6.45) is 0. The predicted molar refractivity (Wildman–Crippen MR) is 86.6 cm³/mol. The molecule has 2 rings (SSSR count). The summed E-state index contributed by atoms with van der Waals surface area (Å²) in [5.74, 6) is 0. The Morgan fingerprint density at radius 2 is 2.15 bits per heavy atom. The Balaban J connectivity index is 2.17. The Hall–Kier alpha value is -1.40. The largest absolute Gasteiger partial charge is 0.379 e. The maximum atomic E-state index is 11.1. The van der Waals surface area contributed by atoms with Gasteiger partial charge >= 0.3 is 0 Å².